The van der Waals surface area contributed by atoms with Gasteiger partial charge in [-0.3, -0.25) is 4.98 Å². The summed E-state index contributed by atoms with van der Waals surface area (Å²) in [6, 6.07) is 17.9. The van der Waals surface area contributed by atoms with E-state index in [2.05, 4.69) is 34.7 Å². The molecule has 0 unspecified atom stereocenters. The molecular weight excluding hydrogens is 568 g/mol. The Morgan fingerprint density at radius 1 is 1.05 bits per heavy atom. The third-order valence-electron chi connectivity index (χ3n) is 7.28. The van der Waals surface area contributed by atoms with Gasteiger partial charge >= 0.3 is 5.97 Å². The zero-order valence-corrected chi connectivity index (χ0v) is 25.6. The SMILES string of the molecule is Cc1cc2nc(-c3cncc(-c4ccc5c(c4)CNN5C)c3)sc2c(-c2ccc(Cl)cc2)c1[C@H](OC(C)(C)C)C(=O)O. The van der Waals surface area contributed by atoms with Gasteiger partial charge in [0.05, 0.1) is 21.5 Å². The normalized spacial score (nSPS) is 13.9. The molecule has 3 aromatic carbocycles. The number of hydrogen-bond donors (Lipinski definition) is 2. The van der Waals surface area contributed by atoms with Crippen LogP contribution < -0.4 is 10.4 Å². The van der Waals surface area contributed by atoms with Crippen molar-refractivity contribution in [2.75, 3.05) is 12.1 Å². The van der Waals surface area contributed by atoms with E-state index in [-0.39, 0.29) is 0 Å². The number of hydrazine groups is 1. The molecule has 0 bridgehead atoms. The van der Waals surface area contributed by atoms with Crippen molar-refractivity contribution in [2.45, 2.75) is 45.9 Å². The van der Waals surface area contributed by atoms with Crippen molar-refractivity contribution >= 4 is 44.8 Å². The van der Waals surface area contributed by atoms with Crippen molar-refractivity contribution in [3.05, 3.63) is 88.7 Å². The maximum absolute atomic E-state index is 12.6. The first kappa shape index (κ1) is 28.3. The summed E-state index contributed by atoms with van der Waals surface area (Å²) in [5, 5.41) is 13.8. The van der Waals surface area contributed by atoms with Gasteiger partial charge in [0.2, 0.25) is 0 Å². The molecule has 0 spiro atoms. The smallest absolute Gasteiger partial charge is 0.337 e. The second-order valence-electron chi connectivity index (χ2n) is 11.5. The van der Waals surface area contributed by atoms with Gasteiger partial charge in [0, 0.05) is 53.3 Å². The van der Waals surface area contributed by atoms with Gasteiger partial charge in [0.15, 0.2) is 6.10 Å². The summed E-state index contributed by atoms with van der Waals surface area (Å²) in [4.78, 5) is 22.2. The summed E-state index contributed by atoms with van der Waals surface area (Å²) in [5.41, 5.74) is 11.9. The van der Waals surface area contributed by atoms with E-state index in [1.54, 1.807) is 0 Å². The van der Waals surface area contributed by atoms with Crippen molar-refractivity contribution in [1.82, 2.24) is 15.4 Å². The van der Waals surface area contributed by atoms with Crippen LogP contribution in [0.4, 0.5) is 5.69 Å². The number of nitrogens with one attached hydrogen (secondary N) is 1. The van der Waals surface area contributed by atoms with E-state index in [9.17, 15) is 9.90 Å². The predicted octanol–water partition coefficient (Wildman–Crippen LogP) is 8.05. The molecule has 214 valence electrons. The van der Waals surface area contributed by atoms with Gasteiger partial charge in [-0.25, -0.2) is 15.2 Å². The molecule has 1 aliphatic heterocycles. The van der Waals surface area contributed by atoms with E-state index in [1.807, 2.05) is 82.5 Å². The summed E-state index contributed by atoms with van der Waals surface area (Å²) in [6.45, 7) is 8.28. The number of carboxylic acid groups (broad SMARTS) is 1. The minimum Gasteiger partial charge on any atom is -0.479 e. The quantitative estimate of drug-likeness (QED) is 0.204. The number of thiazole rings is 1. The van der Waals surface area contributed by atoms with Gasteiger partial charge in [-0.2, -0.15) is 0 Å². The van der Waals surface area contributed by atoms with Gasteiger partial charge in [-0.1, -0.05) is 29.8 Å². The number of carboxylic acids is 1. The summed E-state index contributed by atoms with van der Waals surface area (Å²) >= 11 is 7.76. The highest BCUT2D eigenvalue weighted by atomic mass is 35.5. The molecule has 0 saturated carbocycles. The largest absolute Gasteiger partial charge is 0.479 e. The topological polar surface area (TPSA) is 87.6 Å². The summed E-state index contributed by atoms with van der Waals surface area (Å²) < 4.78 is 7.02. The summed E-state index contributed by atoms with van der Waals surface area (Å²) in [7, 11) is 2.01. The lowest BCUT2D eigenvalue weighted by Crippen LogP contribution is -2.28. The van der Waals surface area contributed by atoms with E-state index in [1.165, 1.54) is 22.6 Å². The third-order valence-corrected chi connectivity index (χ3v) is 8.67. The van der Waals surface area contributed by atoms with Gasteiger partial charge in [0.25, 0.3) is 0 Å². The highest BCUT2D eigenvalue weighted by molar-refractivity contribution is 7.22. The van der Waals surface area contributed by atoms with Crippen molar-refractivity contribution in [3.8, 4) is 32.8 Å². The summed E-state index contributed by atoms with van der Waals surface area (Å²) in [5.74, 6) is -1.04. The first-order valence-electron chi connectivity index (χ1n) is 13.6. The van der Waals surface area contributed by atoms with E-state index in [4.69, 9.17) is 21.3 Å². The number of benzene rings is 3. The molecular formula is C33H31ClN4O3S. The van der Waals surface area contributed by atoms with E-state index in [0.29, 0.717) is 10.6 Å². The number of pyridine rings is 1. The molecule has 0 aliphatic carbocycles. The predicted molar refractivity (Wildman–Crippen MR) is 170 cm³/mol. The molecule has 3 heterocycles. The van der Waals surface area contributed by atoms with Crippen molar-refractivity contribution in [2.24, 2.45) is 0 Å². The standard InChI is InChI=1S/C33H31ClN4O3S/c1-18-12-25-30(28(19-6-9-24(34)10-7-19)27(18)29(32(39)40)41-33(2,3)4)42-31(37-25)23-14-21(15-35-16-23)20-8-11-26-22(13-20)17-36-38(26)5/h6-16,29,36H,17H2,1-5H3,(H,39,40)/t29-/m0/s1. The number of ether oxygens (including phenoxy) is 1. The molecule has 5 aromatic rings. The van der Waals surface area contributed by atoms with E-state index in [0.717, 1.165) is 55.1 Å². The fraction of sp³-hybridized carbons (Fsp3) is 0.242. The number of halogens is 1. The number of hydrogen-bond acceptors (Lipinski definition) is 7. The first-order valence-corrected chi connectivity index (χ1v) is 14.8. The second-order valence-corrected chi connectivity index (χ2v) is 12.9. The Morgan fingerprint density at radius 3 is 2.48 bits per heavy atom. The molecule has 0 radical (unpaired) electrons. The molecule has 7 nitrogen and oxygen atoms in total. The highest BCUT2D eigenvalue weighted by Gasteiger charge is 2.32. The molecule has 0 saturated heterocycles. The van der Waals surface area contributed by atoms with Crippen molar-refractivity contribution < 1.29 is 14.6 Å². The third kappa shape index (κ3) is 5.39. The van der Waals surface area contributed by atoms with Crippen LogP contribution in [0.3, 0.4) is 0 Å². The zero-order chi connectivity index (χ0) is 29.8. The molecule has 6 rings (SSSR count). The lowest BCUT2D eigenvalue weighted by Gasteiger charge is -2.28. The minimum absolute atomic E-state index is 0.604. The Bertz CT molecular complexity index is 1830. The maximum Gasteiger partial charge on any atom is 0.337 e. The lowest BCUT2D eigenvalue weighted by atomic mass is 9.91. The van der Waals surface area contributed by atoms with Gasteiger partial charge in [0.1, 0.15) is 5.01 Å². The monoisotopic (exact) mass is 598 g/mol. The van der Waals surface area contributed by atoms with Crippen molar-refractivity contribution in [1.29, 1.82) is 0 Å². The fourth-order valence-electron chi connectivity index (χ4n) is 5.40. The second kappa shape index (κ2) is 10.8. The van der Waals surface area contributed by atoms with Crippen LogP contribution >= 0.6 is 22.9 Å². The van der Waals surface area contributed by atoms with Gasteiger partial charge < -0.3 is 14.9 Å². The first-order chi connectivity index (χ1) is 20.0. The van der Waals surface area contributed by atoms with Crippen LogP contribution in [0.25, 0.3) is 43.0 Å². The Balaban J connectivity index is 1.51. The van der Waals surface area contributed by atoms with Gasteiger partial charge in [-0.05, 0) is 86.3 Å². The lowest BCUT2D eigenvalue weighted by molar-refractivity contribution is -0.160. The number of anilines is 1. The maximum atomic E-state index is 12.6. The number of fused-ring (bicyclic) bond motifs is 2. The van der Waals surface area contributed by atoms with Gasteiger partial charge in [-0.15, -0.1) is 11.3 Å². The Kier molecular flexibility index (Phi) is 7.27. The van der Waals surface area contributed by atoms with Crippen LogP contribution in [0, 0.1) is 6.92 Å². The minimum atomic E-state index is -1.16. The number of rotatable bonds is 6. The molecule has 9 heteroatoms. The molecule has 42 heavy (non-hydrogen) atoms. The summed E-state index contributed by atoms with van der Waals surface area (Å²) in [6.07, 6.45) is 2.53. The Hall–Kier alpha value is -3.82. The molecule has 2 N–H and O–H groups in total. The van der Waals surface area contributed by atoms with Crippen LogP contribution in [0.2, 0.25) is 5.02 Å². The number of carbonyl (C=O) groups is 1. The number of aromatic nitrogens is 2. The molecule has 0 fully saturated rings. The molecule has 1 atom stereocenters. The number of aryl methyl sites for hydroxylation is 1. The number of nitrogens with zero attached hydrogens (tertiary/aromatic N) is 3. The highest BCUT2D eigenvalue weighted by Crippen LogP contribution is 2.44. The van der Waals surface area contributed by atoms with Crippen LogP contribution in [0.1, 0.15) is 43.6 Å². The number of aliphatic carboxylic acids is 1. The molecule has 2 aromatic heterocycles. The molecule has 1 aliphatic rings. The van der Waals surface area contributed by atoms with E-state index >= 15 is 0 Å². The average molecular weight is 599 g/mol. The Labute approximate surface area is 253 Å². The molecule has 0 amide bonds. The fourth-order valence-corrected chi connectivity index (χ4v) is 6.63. The average Bonchev–Trinajstić information content (AvgIpc) is 3.54. The Morgan fingerprint density at radius 2 is 1.76 bits per heavy atom. The van der Waals surface area contributed by atoms with Crippen LogP contribution in [-0.4, -0.2) is 33.7 Å². The van der Waals surface area contributed by atoms with Crippen LogP contribution in [-0.2, 0) is 16.1 Å². The van der Waals surface area contributed by atoms with Crippen LogP contribution in [0.15, 0.2) is 67.0 Å². The zero-order valence-electron chi connectivity index (χ0n) is 24.0. The van der Waals surface area contributed by atoms with Crippen molar-refractivity contribution in [3.63, 3.8) is 0 Å². The van der Waals surface area contributed by atoms with E-state index < -0.39 is 17.7 Å². The van der Waals surface area contributed by atoms with Crippen LogP contribution in [0.5, 0.6) is 0 Å².